The molecule has 0 radical (unpaired) electrons. The fourth-order valence-electron chi connectivity index (χ4n) is 1.79. The first-order valence-electron chi connectivity index (χ1n) is 6.33. The number of nitro benzene ring substituents is 1. The topological polar surface area (TPSA) is 89.3 Å². The highest BCUT2D eigenvalue weighted by Gasteiger charge is 2.18. The molecule has 0 saturated heterocycles. The normalized spacial score (nSPS) is 12.8. The molecule has 0 bridgehead atoms. The van der Waals surface area contributed by atoms with Crippen LogP contribution < -0.4 is 4.72 Å². The van der Waals surface area contributed by atoms with E-state index in [1.165, 1.54) is 0 Å². The first-order chi connectivity index (χ1) is 10.4. The van der Waals surface area contributed by atoms with E-state index < -0.39 is 27.7 Å². The Bertz CT molecular complexity index is 748. The monoisotopic (exact) mass is 324 g/mol. The van der Waals surface area contributed by atoms with Crippen LogP contribution in [0.25, 0.3) is 0 Å². The van der Waals surface area contributed by atoms with Crippen LogP contribution in [0.15, 0.2) is 59.5 Å². The summed E-state index contributed by atoms with van der Waals surface area (Å²) in [5.41, 5.74) is 0.153. The second kappa shape index (κ2) is 6.63. The van der Waals surface area contributed by atoms with Crippen LogP contribution in [0.2, 0.25) is 0 Å². The lowest BCUT2D eigenvalue weighted by molar-refractivity contribution is -0.384. The van der Waals surface area contributed by atoms with Gasteiger partial charge in [-0.1, -0.05) is 30.3 Å². The Labute approximate surface area is 126 Å². The largest absolute Gasteiger partial charge is 0.269 e. The highest BCUT2D eigenvalue weighted by Crippen LogP contribution is 2.18. The molecule has 2 aromatic carbocycles. The number of hydrogen-bond donors (Lipinski definition) is 1. The van der Waals surface area contributed by atoms with Crippen LogP contribution >= 0.6 is 0 Å². The second-order valence-electron chi connectivity index (χ2n) is 4.48. The van der Waals surface area contributed by atoms with E-state index in [1.54, 1.807) is 30.3 Å². The number of alkyl halides is 1. The summed E-state index contributed by atoms with van der Waals surface area (Å²) in [6.45, 7) is -0.413. The number of rotatable bonds is 6. The van der Waals surface area contributed by atoms with Gasteiger partial charge in [-0.3, -0.25) is 10.1 Å². The number of nitrogens with one attached hydrogen (secondary N) is 1. The van der Waals surface area contributed by atoms with Crippen molar-refractivity contribution in [3.63, 3.8) is 0 Å². The summed E-state index contributed by atoms with van der Waals surface area (Å²) in [7, 11) is -3.92. The molecule has 0 aliphatic rings. The van der Waals surface area contributed by atoms with Gasteiger partial charge < -0.3 is 0 Å². The molecule has 1 N–H and O–H groups in total. The van der Waals surface area contributed by atoms with E-state index in [4.69, 9.17) is 0 Å². The molecule has 0 aliphatic heterocycles. The van der Waals surface area contributed by atoms with Crippen molar-refractivity contribution in [1.82, 2.24) is 4.72 Å². The quantitative estimate of drug-likeness (QED) is 0.653. The first-order valence-corrected chi connectivity index (χ1v) is 7.81. The maximum Gasteiger partial charge on any atom is 0.269 e. The fraction of sp³-hybridized carbons (Fsp3) is 0.143. The Balaban J connectivity index is 2.06. The third-order valence-electron chi connectivity index (χ3n) is 2.97. The van der Waals surface area contributed by atoms with Gasteiger partial charge in [-0.15, -0.1) is 0 Å². The predicted molar refractivity (Wildman–Crippen MR) is 78.6 cm³/mol. The van der Waals surface area contributed by atoms with Crippen LogP contribution in [-0.4, -0.2) is 19.9 Å². The summed E-state index contributed by atoms with van der Waals surface area (Å²) < 4.78 is 40.1. The molecule has 0 heterocycles. The SMILES string of the molecule is O=[N+]([O-])c1ccc(S(=O)(=O)NCC(F)c2ccccc2)cc1. The first kappa shape index (κ1) is 16.1. The van der Waals surface area contributed by atoms with Gasteiger partial charge in [0.25, 0.3) is 5.69 Å². The maximum atomic E-state index is 13.9. The molecule has 0 amide bonds. The van der Waals surface area contributed by atoms with Gasteiger partial charge in [0.2, 0.25) is 10.0 Å². The lowest BCUT2D eigenvalue weighted by atomic mass is 10.1. The Morgan fingerprint density at radius 3 is 2.23 bits per heavy atom. The lowest BCUT2D eigenvalue weighted by Crippen LogP contribution is -2.27. The van der Waals surface area contributed by atoms with Crippen molar-refractivity contribution in [3.05, 3.63) is 70.3 Å². The fourth-order valence-corrected chi connectivity index (χ4v) is 2.82. The minimum atomic E-state index is -3.92. The van der Waals surface area contributed by atoms with E-state index >= 15 is 0 Å². The van der Waals surface area contributed by atoms with E-state index in [2.05, 4.69) is 4.72 Å². The molecule has 8 heteroatoms. The van der Waals surface area contributed by atoms with Crippen molar-refractivity contribution < 1.29 is 17.7 Å². The third-order valence-corrected chi connectivity index (χ3v) is 4.41. The zero-order valence-corrected chi connectivity index (χ0v) is 12.2. The molecular formula is C14H13FN2O4S. The standard InChI is InChI=1S/C14H13FN2O4S/c15-14(11-4-2-1-3-5-11)10-16-22(20,21)13-8-6-12(7-9-13)17(18)19/h1-9,14,16H,10H2. The minimum Gasteiger partial charge on any atom is -0.258 e. The van der Waals surface area contributed by atoms with Crippen LogP contribution in [0, 0.1) is 10.1 Å². The van der Waals surface area contributed by atoms with Gasteiger partial charge in [-0.2, -0.15) is 0 Å². The Hall–Kier alpha value is -2.32. The number of nitrogens with zero attached hydrogens (tertiary/aromatic N) is 1. The summed E-state index contributed by atoms with van der Waals surface area (Å²) in [6.07, 6.45) is -1.48. The predicted octanol–water partition coefficient (Wildman–Crippen LogP) is 2.58. The Kier molecular flexibility index (Phi) is 4.84. The van der Waals surface area contributed by atoms with Gasteiger partial charge in [0.05, 0.1) is 9.82 Å². The summed E-state index contributed by atoms with van der Waals surface area (Å²) in [5, 5.41) is 10.5. The molecule has 22 heavy (non-hydrogen) atoms. The average Bonchev–Trinajstić information content (AvgIpc) is 2.53. The van der Waals surface area contributed by atoms with Crippen molar-refractivity contribution in [2.24, 2.45) is 0 Å². The van der Waals surface area contributed by atoms with E-state index in [9.17, 15) is 22.9 Å². The van der Waals surface area contributed by atoms with Crippen LogP contribution in [-0.2, 0) is 10.0 Å². The molecule has 6 nitrogen and oxygen atoms in total. The van der Waals surface area contributed by atoms with Crippen molar-refractivity contribution in [2.75, 3.05) is 6.54 Å². The van der Waals surface area contributed by atoms with E-state index in [-0.39, 0.29) is 10.6 Å². The molecule has 0 fully saturated rings. The van der Waals surface area contributed by atoms with Crippen LogP contribution in [0.5, 0.6) is 0 Å². The summed E-state index contributed by atoms with van der Waals surface area (Å²) in [6, 6.07) is 12.6. The smallest absolute Gasteiger partial charge is 0.258 e. The van der Waals surface area contributed by atoms with Gasteiger partial charge >= 0.3 is 0 Å². The lowest BCUT2D eigenvalue weighted by Gasteiger charge is -2.10. The van der Waals surface area contributed by atoms with Gasteiger partial charge in [0, 0.05) is 18.7 Å². The highest BCUT2D eigenvalue weighted by molar-refractivity contribution is 7.89. The molecule has 1 atom stereocenters. The molecule has 0 saturated carbocycles. The van der Waals surface area contributed by atoms with Crippen LogP contribution in [0.4, 0.5) is 10.1 Å². The van der Waals surface area contributed by atoms with Crippen LogP contribution in [0.1, 0.15) is 11.7 Å². The Morgan fingerprint density at radius 1 is 1.09 bits per heavy atom. The van der Waals surface area contributed by atoms with Crippen molar-refractivity contribution in [2.45, 2.75) is 11.1 Å². The number of hydrogen-bond acceptors (Lipinski definition) is 4. The van der Waals surface area contributed by atoms with Gasteiger partial charge in [-0.25, -0.2) is 17.5 Å². The Morgan fingerprint density at radius 2 is 1.68 bits per heavy atom. The zero-order valence-electron chi connectivity index (χ0n) is 11.3. The van der Waals surface area contributed by atoms with Crippen molar-refractivity contribution in [1.29, 1.82) is 0 Å². The zero-order chi connectivity index (χ0) is 16.2. The number of halogens is 1. The van der Waals surface area contributed by atoms with Crippen molar-refractivity contribution >= 4 is 15.7 Å². The summed E-state index contributed by atoms with van der Waals surface area (Å²) >= 11 is 0. The van der Waals surface area contributed by atoms with E-state index in [1.807, 2.05) is 0 Å². The molecular weight excluding hydrogens is 311 g/mol. The van der Waals surface area contributed by atoms with E-state index in [0.717, 1.165) is 24.3 Å². The minimum absolute atomic E-state index is 0.154. The maximum absolute atomic E-state index is 13.9. The molecule has 0 spiro atoms. The molecule has 1 unspecified atom stereocenters. The molecule has 2 aromatic rings. The average molecular weight is 324 g/mol. The molecule has 0 aliphatic carbocycles. The third kappa shape index (κ3) is 3.86. The van der Waals surface area contributed by atoms with Gasteiger partial charge in [-0.05, 0) is 17.7 Å². The van der Waals surface area contributed by atoms with Crippen LogP contribution in [0.3, 0.4) is 0 Å². The second-order valence-corrected chi connectivity index (χ2v) is 6.25. The van der Waals surface area contributed by atoms with Crippen molar-refractivity contribution in [3.8, 4) is 0 Å². The van der Waals surface area contributed by atoms with E-state index in [0.29, 0.717) is 5.56 Å². The highest BCUT2D eigenvalue weighted by atomic mass is 32.2. The molecule has 0 aromatic heterocycles. The number of non-ortho nitro benzene ring substituents is 1. The number of sulfonamides is 1. The summed E-state index contributed by atoms with van der Waals surface area (Å²) in [5.74, 6) is 0. The number of nitro groups is 1. The molecule has 2 rings (SSSR count). The van der Waals surface area contributed by atoms with Gasteiger partial charge in [0.15, 0.2) is 0 Å². The van der Waals surface area contributed by atoms with Gasteiger partial charge in [0.1, 0.15) is 6.17 Å². The summed E-state index contributed by atoms with van der Waals surface area (Å²) in [4.78, 5) is 9.74. The number of benzene rings is 2. The molecule has 116 valence electrons.